The van der Waals surface area contributed by atoms with Crippen LogP contribution in [-0.2, 0) is 86.2 Å². The third-order valence-corrected chi connectivity index (χ3v) is 26.9. The van der Waals surface area contributed by atoms with Gasteiger partial charge in [-0.3, -0.25) is 103 Å². The number of imide groups is 4. The van der Waals surface area contributed by atoms with Crippen LogP contribution in [0.15, 0.2) is 145 Å². The molecule has 4 aromatic carbocycles. The van der Waals surface area contributed by atoms with Gasteiger partial charge in [0.1, 0.15) is 84.0 Å². The number of ether oxygens (including phenoxy) is 4. The quantitative estimate of drug-likeness (QED) is 0.0265. The van der Waals surface area contributed by atoms with E-state index in [0.717, 1.165) is 44.3 Å². The summed E-state index contributed by atoms with van der Waals surface area (Å²) in [5.74, 6) is -7.99. The molecule has 9 aliphatic heterocycles. The molecule has 0 spiro atoms. The molecule has 1 saturated carbocycles. The van der Waals surface area contributed by atoms with Gasteiger partial charge in [-0.2, -0.15) is 0 Å². The van der Waals surface area contributed by atoms with Crippen molar-refractivity contribution in [3.05, 3.63) is 229 Å². The number of hydrogen-bond donors (Lipinski definition) is 7. The van der Waals surface area contributed by atoms with Crippen molar-refractivity contribution in [3.63, 3.8) is 0 Å². The molecule has 139 heavy (non-hydrogen) atoms. The van der Waals surface area contributed by atoms with Crippen LogP contribution in [0.2, 0.25) is 0 Å². The zero-order chi connectivity index (χ0) is 97.9. The molecule has 5 saturated heterocycles. The maximum Gasteiger partial charge on any atom is 0.270 e. The van der Waals surface area contributed by atoms with Crippen molar-refractivity contribution in [1.82, 2.24) is 71.0 Å². The molecule has 4 atom stereocenters. The van der Waals surface area contributed by atoms with E-state index in [-0.39, 0.29) is 175 Å². The van der Waals surface area contributed by atoms with Gasteiger partial charge < -0.3 is 77.9 Å². The summed E-state index contributed by atoms with van der Waals surface area (Å²) in [5, 5.41) is 12.3. The molecule has 712 valence electrons. The first-order valence-corrected chi connectivity index (χ1v) is 44.1. The van der Waals surface area contributed by atoms with E-state index in [1.165, 1.54) is 85.9 Å². The fourth-order valence-corrected chi connectivity index (χ4v) is 19.3. The van der Waals surface area contributed by atoms with E-state index in [1.54, 1.807) is 83.8 Å². The van der Waals surface area contributed by atoms with Crippen molar-refractivity contribution in [2.75, 3.05) is 80.5 Å². The summed E-state index contributed by atoms with van der Waals surface area (Å²) in [6, 6.07) is 30.0. The molecule has 22 rings (SSSR count). The molecule has 17 heterocycles. The Morgan fingerprint density at radius 3 is 1.23 bits per heavy atom. The molecule has 9 N–H and O–H groups in total. The molecule has 8 aromatic heterocycles. The van der Waals surface area contributed by atoms with Gasteiger partial charge >= 0.3 is 0 Å². The summed E-state index contributed by atoms with van der Waals surface area (Å²) >= 11 is 0. The second kappa shape index (κ2) is 35.3. The number of nitrogen functional groups attached to an aromatic ring is 1. The van der Waals surface area contributed by atoms with Crippen LogP contribution in [0.3, 0.4) is 0 Å². The van der Waals surface area contributed by atoms with E-state index in [4.69, 9.17) is 48.1 Å². The fourth-order valence-electron chi connectivity index (χ4n) is 19.3. The second-order valence-corrected chi connectivity index (χ2v) is 35.9. The van der Waals surface area contributed by atoms with Crippen molar-refractivity contribution in [3.8, 4) is 23.0 Å². The van der Waals surface area contributed by atoms with Crippen LogP contribution < -0.4 is 57.0 Å². The molecule has 12 aromatic rings. The number of nitrogens with one attached hydrogen (secondary N) is 5. The lowest BCUT2D eigenvalue weighted by Gasteiger charge is -2.29. The number of hydrogen-bond acceptors (Lipinski definition) is 29. The Hall–Kier alpha value is -16.6. The van der Waals surface area contributed by atoms with Gasteiger partial charge in [0.2, 0.25) is 53.2 Å². The summed E-state index contributed by atoms with van der Waals surface area (Å²) in [6.45, 7) is 1.67. The second-order valence-electron chi connectivity index (χ2n) is 35.9. The Balaban J connectivity index is 0.000000119. The average molecular weight is 1900 g/mol. The Morgan fingerprint density at radius 2 is 0.827 bits per heavy atom. The zero-order valence-corrected chi connectivity index (χ0v) is 74.9. The van der Waals surface area contributed by atoms with Gasteiger partial charge in [-0.05, 0) is 141 Å². The summed E-state index contributed by atoms with van der Waals surface area (Å²) in [6.07, 6.45) is 6.15. The van der Waals surface area contributed by atoms with E-state index in [2.05, 4.69) is 58.5 Å². The van der Waals surface area contributed by atoms with Crippen molar-refractivity contribution < 1.29 is 122 Å². The SMILES string of the molecule is COc1ccc2c(c1)C(=O)N(C[C@@]1(c3cc4nc(C(=O)NC5CCN(C)CC5)ccc4o3)CC(=O)NC1=O)C2.COc1ccc2c(c1F)C(=O)N(C[C@@]1(c3cc4nc(N)ccc4o3)CC(=O)NC1=O)C2.COc1ccc2c(c1F)C(=O)N(C[C@@]1(c3cc4ncc(C(=O)CC5CC5)cc4o3)CC(=O)NC1=O)C2.COc1ccc2c(c1F)C(=O)N(C[C@@]1(c3cc4ncc(C(N)=O)cc4o3)CC(=O)NC1=O)C2. The van der Waals surface area contributed by atoms with E-state index >= 15 is 0 Å². The van der Waals surface area contributed by atoms with Crippen LogP contribution in [0.25, 0.3) is 44.4 Å². The largest absolute Gasteiger partial charge is 0.497 e. The zero-order valence-electron chi connectivity index (χ0n) is 74.9. The predicted octanol–water partition coefficient (Wildman–Crippen LogP) is 7.01. The highest BCUT2D eigenvalue weighted by atomic mass is 19.1. The van der Waals surface area contributed by atoms with Crippen molar-refractivity contribution >= 4 is 139 Å². The average Bonchev–Trinajstić information content (AvgIpc) is 1.60. The number of primary amides is 1. The van der Waals surface area contributed by atoms with Gasteiger partial charge in [0, 0.05) is 113 Å². The number of ketones is 1. The van der Waals surface area contributed by atoms with Crippen LogP contribution in [0, 0.1) is 23.4 Å². The van der Waals surface area contributed by atoms with Crippen molar-refractivity contribution in [1.29, 1.82) is 0 Å². The minimum Gasteiger partial charge on any atom is -0.497 e. The third kappa shape index (κ3) is 16.5. The number of likely N-dealkylation sites (tertiary alicyclic amines) is 1. The number of fused-ring (bicyclic) bond motifs is 8. The maximum atomic E-state index is 14.8. The van der Waals surface area contributed by atoms with Gasteiger partial charge in [-0.25, -0.2) is 23.1 Å². The summed E-state index contributed by atoms with van der Waals surface area (Å²) in [7, 11) is 7.51. The molecule has 0 radical (unpaired) electrons. The lowest BCUT2D eigenvalue weighted by Crippen LogP contribution is -2.46. The lowest BCUT2D eigenvalue weighted by molar-refractivity contribution is -0.128. The highest BCUT2D eigenvalue weighted by Gasteiger charge is 2.58. The molecular weight excluding hydrogens is 1810 g/mol. The highest BCUT2D eigenvalue weighted by molar-refractivity contribution is 6.14. The normalized spacial score (nSPS) is 20.9. The van der Waals surface area contributed by atoms with Gasteiger partial charge in [-0.1, -0.05) is 24.3 Å². The van der Waals surface area contributed by atoms with Crippen molar-refractivity contribution in [2.24, 2.45) is 11.7 Å². The van der Waals surface area contributed by atoms with E-state index in [1.807, 2.05) is 6.07 Å². The number of methoxy groups -OCH3 is 4. The van der Waals surface area contributed by atoms with Crippen LogP contribution >= 0.6 is 0 Å². The lowest BCUT2D eigenvalue weighted by atomic mass is 9.82. The van der Waals surface area contributed by atoms with Crippen LogP contribution in [0.1, 0.15) is 176 Å². The minimum absolute atomic E-state index is 0.0220. The molecule has 14 amide bonds. The number of pyridine rings is 4. The molecule has 0 bridgehead atoms. The van der Waals surface area contributed by atoms with Crippen LogP contribution in [0.5, 0.6) is 23.0 Å². The molecule has 0 unspecified atom stereocenters. The Labute approximate surface area is 784 Å². The molecule has 1 aliphatic carbocycles. The number of benzene rings is 4. The van der Waals surface area contributed by atoms with Crippen LogP contribution in [0.4, 0.5) is 19.0 Å². The summed E-state index contributed by atoms with van der Waals surface area (Å²) in [4.78, 5) is 215. The first kappa shape index (κ1) is 91.6. The molecular formula is C97H85F3N16O23. The topological polar surface area (TPSA) is 525 Å². The summed E-state index contributed by atoms with van der Waals surface area (Å²) in [5.41, 5.74) is 11.0. The number of furan rings is 4. The fraction of sp³-hybridized carbons (Fsp3) is 0.309. The number of nitrogens with two attached hydrogens (primary N) is 2. The Bertz CT molecular complexity index is 7360. The van der Waals surface area contributed by atoms with Gasteiger partial charge in [0.15, 0.2) is 62.8 Å². The minimum atomic E-state index is -1.55. The smallest absolute Gasteiger partial charge is 0.270 e. The number of amides is 14. The monoisotopic (exact) mass is 1900 g/mol. The first-order valence-electron chi connectivity index (χ1n) is 44.1. The van der Waals surface area contributed by atoms with E-state index < -0.39 is 110 Å². The van der Waals surface area contributed by atoms with E-state index in [9.17, 15) is 85.1 Å². The molecule has 42 heteroatoms. The molecule has 6 fully saturated rings. The highest BCUT2D eigenvalue weighted by Crippen LogP contribution is 2.47. The molecule has 10 aliphatic rings. The summed E-state index contributed by atoms with van der Waals surface area (Å²) < 4.78 is 88.2. The van der Waals surface area contributed by atoms with Crippen LogP contribution in [-0.4, -0.2) is 214 Å². The third-order valence-electron chi connectivity index (χ3n) is 26.9. The first-order chi connectivity index (χ1) is 66.6. The number of carbonyl (C=O) groups excluding carboxylic acids is 15. The van der Waals surface area contributed by atoms with Crippen molar-refractivity contribution in [2.45, 2.75) is 112 Å². The molecule has 39 nitrogen and oxygen atoms in total. The number of rotatable bonds is 22. The number of anilines is 1. The number of piperidine rings is 1. The number of carbonyl (C=O) groups is 15. The maximum absolute atomic E-state index is 14.8. The Kier molecular flexibility index (Phi) is 23.2. The van der Waals surface area contributed by atoms with Gasteiger partial charge in [-0.15, -0.1) is 0 Å². The van der Waals surface area contributed by atoms with E-state index in [0.29, 0.717) is 91.3 Å². The van der Waals surface area contributed by atoms with Gasteiger partial charge in [0.05, 0.1) is 76.4 Å². The number of nitrogens with zero attached hydrogens (tertiary/aromatic N) is 9. The number of Topliss-reactive ketones (excluding diaryl/α,β-unsaturated/α-hetero) is 1. The number of halogens is 3. The van der Waals surface area contributed by atoms with Gasteiger partial charge in [0.25, 0.3) is 29.5 Å². The Morgan fingerprint density at radius 1 is 0.446 bits per heavy atom. The standard InChI is InChI=1S/C28H29N5O6.C26H22FN3O6.C22H17FN4O6.C21H17FN4O5/c1-32-9-7-17(8-10-32)29-25(35)20-5-6-22-21(30-20)12-23(39-22)28(13-24(34)31-27(28)37)15-33-14-16-3-4-18(38-2)11-19(16)26(33)36;1-35-18-5-4-14-11-30(24(33)22(14)23(18)27)12-26(9-21(32)29-25(26)34)20-8-16-19(36-20)7-15(10-28-16)17(31)6-13-2-3-13;1-32-13-3-2-10-8-27(20(30)17(10)18(13)23)9-22(6-16(28)26-21(22)31)15-5-12-14(33-15)4-11(7-25-12)19(24)29;1-30-13-3-2-10-8-26(19(28)17(10)18(13)22)9-21(7-16(27)25-20(21)29)14-6-11-12(31-14)4-5-15(23)24-11/h3-6,11-12,17H,7-10,13-15H2,1-2H3,(H,29,35)(H,31,34,37);4-5,7-8,10,13H,2-3,6,9,11-12H2,1H3,(H,29,32,34);2-5,7H,6,8-9H2,1H3,(H2,24,29)(H,26,28,31);2-6H,7-9H2,1H3,(H2,23,24)(H,25,27,29)/t28-;26-;22-;21-/m1111/s1. The number of aromatic nitrogens is 4. The predicted molar refractivity (Wildman–Crippen MR) is 477 cm³/mol.